The molecule has 0 aliphatic carbocycles. The average Bonchev–Trinajstić information content (AvgIpc) is 2.83. The second-order valence-corrected chi connectivity index (χ2v) is 6.89. The molecule has 0 aromatic heterocycles. The summed E-state index contributed by atoms with van der Waals surface area (Å²) in [6.07, 6.45) is 1.18. The molecule has 2 heterocycles. The topological polar surface area (TPSA) is 87.7 Å². The number of carbonyl (C=O) groups is 1. The van der Waals surface area contributed by atoms with Gasteiger partial charge in [-0.15, -0.1) is 6.58 Å². The van der Waals surface area contributed by atoms with E-state index in [0.29, 0.717) is 18.8 Å². The summed E-state index contributed by atoms with van der Waals surface area (Å²) in [6, 6.07) is 5.77. The molecule has 8 heteroatoms. The SMILES string of the molecule is C=CCNC(=O)N1C[C@@H]2Oc3ccccc3S(=O)(=O)N[C@@H]2C1. The van der Waals surface area contributed by atoms with Crippen molar-refractivity contribution >= 4 is 16.1 Å². The third-order valence-electron chi connectivity index (χ3n) is 3.67. The normalized spacial score (nSPS) is 25.4. The van der Waals surface area contributed by atoms with Crippen LogP contribution in [0.3, 0.4) is 0 Å². The largest absolute Gasteiger partial charge is 0.485 e. The van der Waals surface area contributed by atoms with Crippen LogP contribution in [0.2, 0.25) is 0 Å². The maximum Gasteiger partial charge on any atom is 0.317 e. The number of para-hydroxylation sites is 1. The van der Waals surface area contributed by atoms with Crippen LogP contribution in [0.5, 0.6) is 5.75 Å². The minimum Gasteiger partial charge on any atom is -0.485 e. The fourth-order valence-electron chi connectivity index (χ4n) is 2.64. The van der Waals surface area contributed by atoms with Crippen LogP contribution in [0.1, 0.15) is 0 Å². The second kappa shape index (κ2) is 5.62. The highest BCUT2D eigenvalue weighted by Crippen LogP contribution is 2.30. The molecule has 22 heavy (non-hydrogen) atoms. The van der Waals surface area contributed by atoms with Gasteiger partial charge in [-0.05, 0) is 12.1 Å². The zero-order valence-corrected chi connectivity index (χ0v) is 12.7. The van der Waals surface area contributed by atoms with Crippen molar-refractivity contribution in [3.05, 3.63) is 36.9 Å². The van der Waals surface area contributed by atoms with E-state index in [-0.39, 0.29) is 17.5 Å². The number of urea groups is 1. The number of nitrogens with one attached hydrogen (secondary N) is 2. The molecule has 2 aliphatic heterocycles. The van der Waals surface area contributed by atoms with Crippen LogP contribution in [0.15, 0.2) is 41.8 Å². The Balaban J connectivity index is 1.82. The van der Waals surface area contributed by atoms with Crippen molar-refractivity contribution in [3.63, 3.8) is 0 Å². The highest BCUT2D eigenvalue weighted by molar-refractivity contribution is 7.89. The Bertz CT molecular complexity index is 704. The summed E-state index contributed by atoms with van der Waals surface area (Å²) in [5, 5.41) is 2.68. The first-order chi connectivity index (χ1) is 10.5. The monoisotopic (exact) mass is 323 g/mol. The highest BCUT2D eigenvalue weighted by Gasteiger charge is 2.42. The Morgan fingerprint density at radius 1 is 1.45 bits per heavy atom. The van der Waals surface area contributed by atoms with Crippen molar-refractivity contribution < 1.29 is 17.9 Å². The lowest BCUT2D eigenvalue weighted by Crippen LogP contribution is -2.43. The van der Waals surface area contributed by atoms with E-state index in [0.717, 1.165) is 0 Å². The van der Waals surface area contributed by atoms with E-state index in [1.54, 1.807) is 24.3 Å². The summed E-state index contributed by atoms with van der Waals surface area (Å²) in [4.78, 5) is 13.6. The van der Waals surface area contributed by atoms with Crippen LogP contribution in [0, 0.1) is 0 Å². The zero-order chi connectivity index (χ0) is 15.7. The summed E-state index contributed by atoms with van der Waals surface area (Å²) in [5.74, 6) is 0.316. The number of hydrogen-bond acceptors (Lipinski definition) is 4. The highest BCUT2D eigenvalue weighted by atomic mass is 32.2. The van der Waals surface area contributed by atoms with E-state index >= 15 is 0 Å². The van der Waals surface area contributed by atoms with Gasteiger partial charge in [0.25, 0.3) is 0 Å². The van der Waals surface area contributed by atoms with Gasteiger partial charge in [0.1, 0.15) is 16.7 Å². The molecule has 2 N–H and O–H groups in total. The maximum atomic E-state index is 12.4. The van der Waals surface area contributed by atoms with E-state index in [9.17, 15) is 13.2 Å². The molecule has 0 bridgehead atoms. The van der Waals surface area contributed by atoms with Gasteiger partial charge in [-0.1, -0.05) is 18.2 Å². The van der Waals surface area contributed by atoms with Gasteiger partial charge in [0.15, 0.2) is 0 Å². The van der Waals surface area contributed by atoms with Gasteiger partial charge in [-0.3, -0.25) is 0 Å². The number of likely N-dealkylation sites (tertiary alicyclic amines) is 1. The number of carbonyl (C=O) groups excluding carboxylic acids is 1. The lowest BCUT2D eigenvalue weighted by Gasteiger charge is -2.17. The van der Waals surface area contributed by atoms with Crippen LogP contribution in [-0.2, 0) is 10.0 Å². The Morgan fingerprint density at radius 3 is 3.00 bits per heavy atom. The number of benzene rings is 1. The molecule has 1 saturated heterocycles. The van der Waals surface area contributed by atoms with Crippen molar-refractivity contribution in [2.24, 2.45) is 0 Å². The van der Waals surface area contributed by atoms with Crippen LogP contribution < -0.4 is 14.8 Å². The zero-order valence-electron chi connectivity index (χ0n) is 11.9. The van der Waals surface area contributed by atoms with Crippen LogP contribution in [0.25, 0.3) is 0 Å². The van der Waals surface area contributed by atoms with Crippen molar-refractivity contribution in [2.45, 2.75) is 17.0 Å². The van der Waals surface area contributed by atoms with Crippen molar-refractivity contribution in [1.29, 1.82) is 0 Å². The molecule has 1 aromatic rings. The summed E-state index contributed by atoms with van der Waals surface area (Å²) in [5.41, 5.74) is 0. The lowest BCUT2D eigenvalue weighted by atomic mass is 10.2. The number of fused-ring (bicyclic) bond motifs is 2. The van der Waals surface area contributed by atoms with E-state index in [4.69, 9.17) is 4.74 Å². The molecule has 118 valence electrons. The number of sulfonamides is 1. The van der Waals surface area contributed by atoms with E-state index in [2.05, 4.69) is 16.6 Å². The summed E-state index contributed by atoms with van der Waals surface area (Å²) in [7, 11) is -3.65. The van der Waals surface area contributed by atoms with Gasteiger partial charge in [-0.2, -0.15) is 0 Å². The number of amides is 2. The Morgan fingerprint density at radius 2 is 2.23 bits per heavy atom. The molecule has 0 unspecified atom stereocenters. The number of hydrogen-bond donors (Lipinski definition) is 2. The number of rotatable bonds is 2. The molecule has 2 amide bonds. The van der Waals surface area contributed by atoms with Gasteiger partial charge >= 0.3 is 6.03 Å². The molecule has 3 rings (SSSR count). The third-order valence-corrected chi connectivity index (χ3v) is 5.20. The molecule has 2 aliphatic rings. The molecule has 1 aromatic carbocycles. The molecule has 0 saturated carbocycles. The minimum atomic E-state index is -3.65. The van der Waals surface area contributed by atoms with E-state index in [1.807, 2.05) is 0 Å². The molecular formula is C14H17N3O4S. The van der Waals surface area contributed by atoms with Gasteiger partial charge in [0.2, 0.25) is 10.0 Å². The predicted octanol–water partition coefficient (Wildman–Crippen LogP) is 0.306. The summed E-state index contributed by atoms with van der Waals surface area (Å²) in [6.45, 7) is 4.49. The van der Waals surface area contributed by atoms with Crippen molar-refractivity contribution in [3.8, 4) is 5.75 Å². The molecule has 0 radical (unpaired) electrons. The van der Waals surface area contributed by atoms with Crippen molar-refractivity contribution in [2.75, 3.05) is 19.6 Å². The standard InChI is InChI=1S/C14H17N3O4S/c1-2-7-15-14(18)17-8-10-12(9-17)21-11-5-3-4-6-13(11)22(19,20)16-10/h2-6,10,12,16H,1,7-9H2,(H,15,18)/t10-,12+/m1/s1. The first-order valence-corrected chi connectivity index (χ1v) is 8.41. The van der Waals surface area contributed by atoms with Gasteiger partial charge in [0.05, 0.1) is 12.6 Å². The Hall–Kier alpha value is -2.06. The summed E-state index contributed by atoms with van der Waals surface area (Å²) >= 11 is 0. The second-order valence-electron chi connectivity index (χ2n) is 5.21. The first-order valence-electron chi connectivity index (χ1n) is 6.93. The van der Waals surface area contributed by atoms with Gasteiger partial charge < -0.3 is 15.0 Å². The molecule has 2 atom stereocenters. The first kappa shape index (κ1) is 14.9. The minimum absolute atomic E-state index is 0.132. The summed E-state index contributed by atoms with van der Waals surface area (Å²) < 4.78 is 33.2. The predicted molar refractivity (Wildman–Crippen MR) is 80.1 cm³/mol. The molecule has 1 fully saturated rings. The van der Waals surface area contributed by atoms with Gasteiger partial charge in [0, 0.05) is 13.1 Å². The Kier molecular flexibility index (Phi) is 3.79. The third kappa shape index (κ3) is 2.67. The Labute approximate surface area is 129 Å². The van der Waals surface area contributed by atoms with Crippen LogP contribution in [-0.4, -0.2) is 51.1 Å². The molecule has 7 nitrogen and oxygen atoms in total. The fourth-order valence-corrected chi connectivity index (χ4v) is 4.03. The fraction of sp³-hybridized carbons (Fsp3) is 0.357. The van der Waals surface area contributed by atoms with E-state index in [1.165, 1.54) is 11.0 Å². The van der Waals surface area contributed by atoms with Crippen molar-refractivity contribution in [1.82, 2.24) is 14.9 Å². The van der Waals surface area contributed by atoms with Gasteiger partial charge in [-0.25, -0.2) is 17.9 Å². The quantitative estimate of drug-likeness (QED) is 0.767. The van der Waals surface area contributed by atoms with E-state index < -0.39 is 22.2 Å². The smallest absolute Gasteiger partial charge is 0.317 e. The number of ether oxygens (including phenoxy) is 1. The number of nitrogens with zero attached hydrogens (tertiary/aromatic N) is 1. The van der Waals surface area contributed by atoms with Crippen LogP contribution in [0.4, 0.5) is 4.79 Å². The van der Waals surface area contributed by atoms with Crippen LogP contribution >= 0.6 is 0 Å². The average molecular weight is 323 g/mol. The maximum absolute atomic E-state index is 12.4. The molecule has 0 spiro atoms. The lowest BCUT2D eigenvalue weighted by molar-refractivity contribution is 0.180. The molecular weight excluding hydrogens is 306 g/mol.